The molecule has 0 radical (unpaired) electrons. The minimum absolute atomic E-state index is 0.0370. The molecule has 196 valence electrons. The van der Waals surface area contributed by atoms with E-state index in [2.05, 4.69) is 36.9 Å². The van der Waals surface area contributed by atoms with Crippen molar-refractivity contribution in [2.24, 2.45) is 11.8 Å². The number of amides is 2. The summed E-state index contributed by atoms with van der Waals surface area (Å²) in [6.07, 6.45) is 0. The Bertz CT molecular complexity index is 675. The van der Waals surface area contributed by atoms with Gasteiger partial charge in [-0.05, 0) is 47.1 Å². The fourth-order valence-corrected chi connectivity index (χ4v) is 1.53. The zero-order valence-corrected chi connectivity index (χ0v) is 22.5. The molecule has 0 atom stereocenters. The molecule has 0 aliphatic rings. The molecule has 0 aliphatic heterocycles. The molecular formula is C26H44F2N2O4. The van der Waals surface area contributed by atoms with Crippen LogP contribution in [0.1, 0.15) is 69.2 Å². The summed E-state index contributed by atoms with van der Waals surface area (Å²) in [7, 11) is 0. The van der Waals surface area contributed by atoms with Crippen molar-refractivity contribution in [3.8, 4) is 0 Å². The van der Waals surface area contributed by atoms with Gasteiger partial charge in [-0.1, -0.05) is 54.0 Å². The molecule has 0 aliphatic carbocycles. The van der Waals surface area contributed by atoms with E-state index < -0.39 is 23.3 Å². The molecule has 0 aromatic heterocycles. The number of allylic oxidation sites excluding steroid dienone is 2. The Labute approximate surface area is 204 Å². The summed E-state index contributed by atoms with van der Waals surface area (Å²) in [5.41, 5.74) is 1.21. The highest BCUT2D eigenvalue weighted by molar-refractivity contribution is 5.95. The number of carbonyl (C=O) groups excluding carboxylic acids is 4. The monoisotopic (exact) mass is 486 g/mol. The molecule has 0 spiro atoms. The highest BCUT2D eigenvalue weighted by Crippen LogP contribution is 2.03. The Kier molecular flexibility index (Phi) is 23.3. The molecule has 0 saturated heterocycles. The highest BCUT2D eigenvalue weighted by atomic mass is 19.1. The maximum atomic E-state index is 11.8. The fraction of sp³-hybridized carbons (Fsp3) is 0.538. The van der Waals surface area contributed by atoms with Gasteiger partial charge in [-0.15, -0.1) is 0 Å². The minimum Gasteiger partial charge on any atom is -0.350 e. The Balaban J connectivity index is -0.000000177. The van der Waals surface area contributed by atoms with Crippen molar-refractivity contribution in [1.29, 1.82) is 0 Å². The number of carbonyl (C=O) groups is 4. The van der Waals surface area contributed by atoms with Crippen LogP contribution in [0, 0.1) is 11.8 Å². The summed E-state index contributed by atoms with van der Waals surface area (Å²) < 4.78 is 23.7. The number of Topliss-reactive ketones (excluding diaryl/α,β-unsaturated/α-hetero) is 2. The topological polar surface area (TPSA) is 92.3 Å². The summed E-state index contributed by atoms with van der Waals surface area (Å²) in [5, 5.41) is 5.03. The SMILES string of the molecule is C=C(C)C(=O)C(C)C.C=C(C)C(=O)NC(C)C.C=C(F)C(=O)C(C)C.C=C(F)C(=O)NC(C)C. The molecule has 2 N–H and O–H groups in total. The van der Waals surface area contributed by atoms with Crippen LogP contribution in [-0.2, 0) is 19.2 Å². The van der Waals surface area contributed by atoms with Crippen LogP contribution in [-0.4, -0.2) is 35.5 Å². The van der Waals surface area contributed by atoms with Crippen molar-refractivity contribution in [3.63, 3.8) is 0 Å². The Morgan fingerprint density at radius 1 is 0.559 bits per heavy atom. The first kappa shape index (κ1) is 38.4. The van der Waals surface area contributed by atoms with Gasteiger partial charge in [0.05, 0.1) is 0 Å². The molecule has 34 heavy (non-hydrogen) atoms. The van der Waals surface area contributed by atoms with Gasteiger partial charge in [0.1, 0.15) is 0 Å². The van der Waals surface area contributed by atoms with Gasteiger partial charge in [0.25, 0.3) is 5.91 Å². The molecule has 0 fully saturated rings. The van der Waals surface area contributed by atoms with Crippen LogP contribution in [0.5, 0.6) is 0 Å². The predicted molar refractivity (Wildman–Crippen MR) is 136 cm³/mol. The highest BCUT2D eigenvalue weighted by Gasteiger charge is 2.09. The maximum absolute atomic E-state index is 11.8. The second-order valence-corrected chi connectivity index (χ2v) is 8.66. The van der Waals surface area contributed by atoms with Crippen molar-refractivity contribution < 1.29 is 28.0 Å². The second kappa shape index (κ2) is 20.7. The van der Waals surface area contributed by atoms with Gasteiger partial charge < -0.3 is 10.6 Å². The van der Waals surface area contributed by atoms with E-state index in [1.165, 1.54) is 0 Å². The molecule has 0 saturated carbocycles. The second-order valence-electron chi connectivity index (χ2n) is 8.66. The van der Waals surface area contributed by atoms with E-state index in [9.17, 15) is 28.0 Å². The van der Waals surface area contributed by atoms with E-state index in [1.807, 2.05) is 27.7 Å². The zero-order valence-electron chi connectivity index (χ0n) is 22.5. The summed E-state index contributed by atoms with van der Waals surface area (Å²) in [6, 6.07) is 0.166. The molecular weight excluding hydrogens is 442 g/mol. The molecule has 0 heterocycles. The molecule has 0 unspecified atom stereocenters. The van der Waals surface area contributed by atoms with Crippen LogP contribution in [0.25, 0.3) is 0 Å². The predicted octanol–water partition coefficient (Wildman–Crippen LogP) is 5.56. The van der Waals surface area contributed by atoms with Crippen LogP contribution >= 0.6 is 0 Å². The van der Waals surface area contributed by atoms with Crippen molar-refractivity contribution in [2.75, 3.05) is 0 Å². The fourth-order valence-electron chi connectivity index (χ4n) is 1.53. The van der Waals surface area contributed by atoms with E-state index in [-0.39, 0.29) is 35.6 Å². The number of halogens is 2. The molecule has 6 nitrogen and oxygen atoms in total. The molecule has 0 rings (SSSR count). The number of ketones is 2. The summed E-state index contributed by atoms with van der Waals surface area (Å²) in [5.74, 6) is -3.10. The van der Waals surface area contributed by atoms with E-state index in [1.54, 1.807) is 41.5 Å². The lowest BCUT2D eigenvalue weighted by atomic mass is 10.0. The van der Waals surface area contributed by atoms with Gasteiger partial charge in [-0.2, -0.15) is 0 Å². The van der Waals surface area contributed by atoms with Crippen LogP contribution < -0.4 is 10.6 Å². The van der Waals surface area contributed by atoms with Crippen LogP contribution in [0.3, 0.4) is 0 Å². The Morgan fingerprint density at radius 2 is 0.882 bits per heavy atom. The summed E-state index contributed by atoms with van der Waals surface area (Å²) >= 11 is 0. The first-order chi connectivity index (χ1) is 15.2. The molecule has 8 heteroatoms. The average Bonchev–Trinajstić information content (AvgIpc) is 2.66. The smallest absolute Gasteiger partial charge is 0.279 e. The van der Waals surface area contributed by atoms with Crippen LogP contribution in [0.2, 0.25) is 0 Å². The zero-order chi connectivity index (χ0) is 28.3. The van der Waals surface area contributed by atoms with Gasteiger partial charge in [-0.3, -0.25) is 19.2 Å². The number of hydrogen-bond donors (Lipinski definition) is 2. The normalized spacial score (nSPS) is 9.41. The molecule has 0 aromatic rings. The number of rotatable bonds is 8. The van der Waals surface area contributed by atoms with Crippen LogP contribution in [0.15, 0.2) is 49.1 Å². The molecule has 2 amide bonds. The third-order valence-corrected chi connectivity index (χ3v) is 3.21. The molecule has 0 bridgehead atoms. The Morgan fingerprint density at radius 3 is 0.941 bits per heavy atom. The molecule has 0 aromatic carbocycles. The van der Waals surface area contributed by atoms with Gasteiger partial charge >= 0.3 is 0 Å². The Hall–Kier alpha value is -2.90. The van der Waals surface area contributed by atoms with E-state index in [4.69, 9.17) is 0 Å². The van der Waals surface area contributed by atoms with Gasteiger partial charge in [-0.25, -0.2) is 8.78 Å². The van der Waals surface area contributed by atoms with Gasteiger partial charge in [0.2, 0.25) is 5.91 Å². The summed E-state index contributed by atoms with van der Waals surface area (Å²) in [6.45, 7) is 30.5. The standard InChI is InChI=1S/C7H13NO.C7H12O.C6H10FNO.C6H9FO/c1-5(2)7(9)8-6(3)4;1-5(2)7(8)6(3)4;1-4(2)8-6(9)5(3)7;1-4(2)6(8)5(3)7/h6H,1H2,2-4H3,(H,8,9);6H,1H2,2-4H3;4H,3H2,1-2H3,(H,8,9);4H,3H2,1-2H3. The average molecular weight is 487 g/mol. The van der Waals surface area contributed by atoms with E-state index in [0.717, 1.165) is 0 Å². The van der Waals surface area contributed by atoms with Crippen molar-refractivity contribution >= 4 is 23.4 Å². The lowest BCUT2D eigenvalue weighted by Gasteiger charge is -2.06. The number of hydrogen-bond acceptors (Lipinski definition) is 4. The maximum Gasteiger partial charge on any atom is 0.279 e. The third kappa shape index (κ3) is 27.1. The lowest BCUT2D eigenvalue weighted by molar-refractivity contribution is -0.120. The van der Waals surface area contributed by atoms with Crippen molar-refractivity contribution in [2.45, 2.75) is 81.3 Å². The van der Waals surface area contributed by atoms with Crippen molar-refractivity contribution in [1.82, 2.24) is 10.6 Å². The quantitative estimate of drug-likeness (QED) is 0.439. The van der Waals surface area contributed by atoms with E-state index in [0.29, 0.717) is 11.1 Å². The van der Waals surface area contributed by atoms with Gasteiger partial charge in [0.15, 0.2) is 23.2 Å². The first-order valence-corrected chi connectivity index (χ1v) is 10.9. The minimum atomic E-state index is -0.941. The summed E-state index contributed by atoms with van der Waals surface area (Å²) in [4.78, 5) is 42.2. The first-order valence-electron chi connectivity index (χ1n) is 10.9. The van der Waals surface area contributed by atoms with E-state index >= 15 is 0 Å². The largest absolute Gasteiger partial charge is 0.350 e. The lowest BCUT2D eigenvalue weighted by Crippen LogP contribution is -2.30. The van der Waals surface area contributed by atoms with Gasteiger partial charge in [0, 0.05) is 29.5 Å². The van der Waals surface area contributed by atoms with Crippen molar-refractivity contribution in [3.05, 3.63) is 49.1 Å². The third-order valence-electron chi connectivity index (χ3n) is 3.21. The van der Waals surface area contributed by atoms with Crippen LogP contribution in [0.4, 0.5) is 8.78 Å². The number of nitrogens with one attached hydrogen (secondary N) is 2.